The zero-order valence-electron chi connectivity index (χ0n) is 20.1. The van der Waals surface area contributed by atoms with Crippen LogP contribution in [0.1, 0.15) is 56.6 Å². The van der Waals surface area contributed by atoms with Gasteiger partial charge in [-0.3, -0.25) is 4.90 Å². The van der Waals surface area contributed by atoms with Crippen molar-refractivity contribution in [2.75, 3.05) is 32.8 Å². The standard InChI is InChI=1S/C28H39NO4/c1-3-4-8-20(2)24(30)13-12-22-25(31)19-26-27(22)23-11-7-10-21(28(23)33-26)9-5-6-14-29-15-17-32-18-16-29/h7,10-13,20,22,24-27,30-31H,5-6,8-9,14-19H2,1-2H3/b13-12+/t20?,22-,24+,25+,26-,27-/m0/s1. The van der Waals surface area contributed by atoms with Crippen LogP contribution in [-0.4, -0.2) is 66.3 Å². The van der Waals surface area contributed by atoms with Gasteiger partial charge in [-0.25, -0.2) is 0 Å². The molecule has 33 heavy (non-hydrogen) atoms. The summed E-state index contributed by atoms with van der Waals surface area (Å²) in [6.45, 7) is 8.76. The van der Waals surface area contributed by atoms with Crippen LogP contribution in [0.5, 0.6) is 5.75 Å². The number of hydrogen-bond donors (Lipinski definition) is 2. The Kier molecular flexibility index (Phi) is 8.49. The van der Waals surface area contributed by atoms with Crippen LogP contribution >= 0.6 is 0 Å². The van der Waals surface area contributed by atoms with Gasteiger partial charge in [0.1, 0.15) is 11.9 Å². The predicted molar refractivity (Wildman–Crippen MR) is 130 cm³/mol. The smallest absolute Gasteiger partial charge is 0.126 e. The van der Waals surface area contributed by atoms with E-state index in [4.69, 9.17) is 9.47 Å². The molecule has 5 nitrogen and oxygen atoms in total. The summed E-state index contributed by atoms with van der Waals surface area (Å²) in [5.74, 6) is 7.15. The van der Waals surface area contributed by atoms with Gasteiger partial charge in [0.2, 0.25) is 0 Å². The van der Waals surface area contributed by atoms with Crippen molar-refractivity contribution in [3.05, 3.63) is 41.5 Å². The number of aliphatic hydroxyl groups is 2. The summed E-state index contributed by atoms with van der Waals surface area (Å²) in [7, 11) is 0. The first-order valence-electron chi connectivity index (χ1n) is 12.6. The fourth-order valence-corrected chi connectivity index (χ4v) is 5.46. The molecule has 2 N–H and O–H groups in total. The van der Waals surface area contributed by atoms with Crippen molar-refractivity contribution < 1.29 is 19.7 Å². The lowest BCUT2D eigenvalue weighted by atomic mass is 9.86. The van der Waals surface area contributed by atoms with Crippen LogP contribution in [0.2, 0.25) is 0 Å². The third-order valence-corrected chi connectivity index (χ3v) is 7.48. The largest absolute Gasteiger partial charge is 0.489 e. The molecular weight excluding hydrogens is 414 g/mol. The molecule has 5 heteroatoms. The lowest BCUT2D eigenvalue weighted by molar-refractivity contribution is 0.0372. The highest BCUT2D eigenvalue weighted by molar-refractivity contribution is 5.49. The molecule has 180 valence electrons. The Bertz CT molecular complexity index is 866. The molecule has 1 saturated heterocycles. The SMILES string of the molecule is CC#CCC(C)[C@H](O)/C=C/[C@@H]1[C@H]2c3cccc(CCCCN4CCOCC4)c3O[C@H]2C[C@H]1O. The van der Waals surface area contributed by atoms with Crippen LogP contribution in [0.3, 0.4) is 0 Å². The molecular formula is C28H39NO4. The number of aliphatic hydroxyl groups excluding tert-OH is 2. The van der Waals surface area contributed by atoms with Gasteiger partial charge < -0.3 is 19.7 Å². The van der Waals surface area contributed by atoms with E-state index in [1.54, 1.807) is 0 Å². The van der Waals surface area contributed by atoms with Gasteiger partial charge in [0.15, 0.2) is 0 Å². The molecule has 2 aliphatic heterocycles. The molecule has 6 atom stereocenters. The summed E-state index contributed by atoms with van der Waals surface area (Å²) in [5.41, 5.74) is 2.50. The van der Waals surface area contributed by atoms with E-state index in [-0.39, 0.29) is 23.9 Å². The zero-order chi connectivity index (χ0) is 23.2. The second kappa shape index (κ2) is 11.5. The summed E-state index contributed by atoms with van der Waals surface area (Å²) < 4.78 is 11.9. The van der Waals surface area contributed by atoms with E-state index in [1.807, 2.05) is 26.0 Å². The van der Waals surface area contributed by atoms with E-state index in [2.05, 4.69) is 34.9 Å². The second-order valence-electron chi connectivity index (χ2n) is 9.79. The first-order valence-corrected chi connectivity index (χ1v) is 12.6. The van der Waals surface area contributed by atoms with Crippen molar-refractivity contribution in [1.29, 1.82) is 0 Å². The highest BCUT2D eigenvalue weighted by atomic mass is 16.5. The maximum Gasteiger partial charge on any atom is 0.126 e. The minimum Gasteiger partial charge on any atom is -0.489 e. The first-order chi connectivity index (χ1) is 16.1. The minimum atomic E-state index is -0.559. The van der Waals surface area contributed by atoms with E-state index in [1.165, 1.54) is 17.5 Å². The van der Waals surface area contributed by atoms with E-state index in [9.17, 15) is 10.2 Å². The number of ether oxygens (including phenoxy) is 2. The topological polar surface area (TPSA) is 62.2 Å². The highest BCUT2D eigenvalue weighted by Crippen LogP contribution is 2.52. The van der Waals surface area contributed by atoms with Crippen LogP contribution in [0.15, 0.2) is 30.4 Å². The van der Waals surface area contributed by atoms with Gasteiger partial charge in [-0.15, -0.1) is 11.8 Å². The van der Waals surface area contributed by atoms with Crippen molar-refractivity contribution in [2.45, 2.75) is 70.2 Å². The first kappa shape index (κ1) is 24.3. The van der Waals surface area contributed by atoms with E-state index in [0.717, 1.165) is 51.4 Å². The quantitative estimate of drug-likeness (QED) is 0.340. The molecule has 0 amide bonds. The maximum atomic E-state index is 10.7. The van der Waals surface area contributed by atoms with Gasteiger partial charge in [0.25, 0.3) is 0 Å². The molecule has 1 aromatic carbocycles. The van der Waals surface area contributed by atoms with Gasteiger partial charge in [0, 0.05) is 43.3 Å². The molecule has 2 heterocycles. The number of benzene rings is 1. The number of para-hydroxylation sites is 1. The van der Waals surface area contributed by atoms with Gasteiger partial charge in [-0.05, 0) is 44.2 Å². The Morgan fingerprint density at radius 1 is 1.24 bits per heavy atom. The lowest BCUT2D eigenvalue weighted by Gasteiger charge is -2.26. The molecule has 0 spiro atoms. The molecule has 0 aromatic heterocycles. The third-order valence-electron chi connectivity index (χ3n) is 7.48. The van der Waals surface area contributed by atoms with Crippen LogP contribution < -0.4 is 4.74 Å². The second-order valence-corrected chi connectivity index (χ2v) is 9.79. The third kappa shape index (κ3) is 5.81. The summed E-state index contributed by atoms with van der Waals surface area (Å²) >= 11 is 0. The van der Waals surface area contributed by atoms with Crippen molar-refractivity contribution in [1.82, 2.24) is 4.90 Å². The Balaban J connectivity index is 1.38. The Hall–Kier alpha value is -1.84. The number of morpholine rings is 1. The fourth-order valence-electron chi connectivity index (χ4n) is 5.46. The number of nitrogens with zero attached hydrogens (tertiary/aromatic N) is 1. The number of fused-ring (bicyclic) bond motifs is 3. The van der Waals surface area contributed by atoms with Crippen molar-refractivity contribution in [3.8, 4) is 17.6 Å². The Morgan fingerprint density at radius 3 is 2.85 bits per heavy atom. The van der Waals surface area contributed by atoms with Crippen LogP contribution in [0.25, 0.3) is 0 Å². The molecule has 4 rings (SSSR count). The van der Waals surface area contributed by atoms with Crippen molar-refractivity contribution in [2.24, 2.45) is 11.8 Å². The molecule has 1 saturated carbocycles. The Labute approximate surface area is 198 Å². The zero-order valence-corrected chi connectivity index (χ0v) is 20.1. The lowest BCUT2D eigenvalue weighted by Crippen LogP contribution is -2.36. The molecule has 3 aliphatic rings. The van der Waals surface area contributed by atoms with Crippen molar-refractivity contribution >= 4 is 0 Å². The summed E-state index contributed by atoms with van der Waals surface area (Å²) in [5, 5.41) is 21.2. The highest BCUT2D eigenvalue weighted by Gasteiger charge is 2.48. The molecule has 0 bridgehead atoms. The molecule has 0 radical (unpaired) electrons. The van der Waals surface area contributed by atoms with E-state index < -0.39 is 12.2 Å². The number of rotatable bonds is 9. The fraction of sp³-hybridized carbons (Fsp3) is 0.643. The van der Waals surface area contributed by atoms with Gasteiger partial charge >= 0.3 is 0 Å². The van der Waals surface area contributed by atoms with Crippen LogP contribution in [-0.2, 0) is 11.2 Å². The Morgan fingerprint density at radius 2 is 2.06 bits per heavy atom. The predicted octanol–water partition coefficient (Wildman–Crippen LogP) is 3.53. The van der Waals surface area contributed by atoms with Crippen molar-refractivity contribution in [3.63, 3.8) is 0 Å². The molecule has 1 aromatic rings. The normalized spacial score (nSPS) is 28.6. The number of unbranched alkanes of at least 4 members (excludes halogenated alkanes) is 1. The van der Waals surface area contributed by atoms with Crippen LogP contribution in [0.4, 0.5) is 0 Å². The monoisotopic (exact) mass is 453 g/mol. The maximum absolute atomic E-state index is 10.7. The number of hydrogen-bond acceptors (Lipinski definition) is 5. The summed E-state index contributed by atoms with van der Waals surface area (Å²) in [6.07, 6.45) is 7.53. The van der Waals surface area contributed by atoms with E-state index >= 15 is 0 Å². The summed E-state index contributed by atoms with van der Waals surface area (Å²) in [6, 6.07) is 6.48. The average Bonchev–Trinajstić information content (AvgIpc) is 3.34. The summed E-state index contributed by atoms with van der Waals surface area (Å²) in [4.78, 5) is 2.49. The van der Waals surface area contributed by atoms with E-state index in [0.29, 0.717) is 12.8 Å². The number of aryl methyl sites for hydroxylation is 1. The van der Waals surface area contributed by atoms with Crippen LogP contribution in [0, 0.1) is 23.7 Å². The molecule has 2 fully saturated rings. The minimum absolute atomic E-state index is 0.0136. The van der Waals surface area contributed by atoms with Gasteiger partial charge in [-0.1, -0.05) is 37.3 Å². The van der Waals surface area contributed by atoms with Gasteiger partial charge in [-0.2, -0.15) is 0 Å². The average molecular weight is 454 g/mol. The van der Waals surface area contributed by atoms with Gasteiger partial charge in [0.05, 0.1) is 25.4 Å². The molecule has 1 unspecified atom stereocenters. The molecule has 1 aliphatic carbocycles.